The molecule has 0 aliphatic heterocycles. The molecular formula is C21H15N7O2. The van der Waals surface area contributed by atoms with E-state index < -0.39 is 11.2 Å². The van der Waals surface area contributed by atoms with Crippen LogP contribution >= 0.6 is 0 Å². The molecule has 30 heavy (non-hydrogen) atoms. The van der Waals surface area contributed by atoms with Crippen molar-refractivity contribution in [1.29, 1.82) is 5.26 Å². The van der Waals surface area contributed by atoms with Gasteiger partial charge in [-0.2, -0.15) is 9.94 Å². The van der Waals surface area contributed by atoms with E-state index in [1.165, 1.54) is 9.08 Å². The Hall–Kier alpha value is -4.45. The second kappa shape index (κ2) is 6.28. The Morgan fingerprint density at radius 1 is 1.00 bits per heavy atom. The summed E-state index contributed by atoms with van der Waals surface area (Å²) in [6.45, 7) is 1.73. The van der Waals surface area contributed by atoms with Gasteiger partial charge in [0.05, 0.1) is 22.4 Å². The summed E-state index contributed by atoms with van der Waals surface area (Å²) in [5.41, 5.74) is 1.53. The molecule has 0 amide bonds. The van der Waals surface area contributed by atoms with Crippen molar-refractivity contribution in [2.45, 2.75) is 6.92 Å². The van der Waals surface area contributed by atoms with Crippen molar-refractivity contribution >= 4 is 16.7 Å². The average molecular weight is 397 g/mol. The maximum Gasteiger partial charge on any atom is 0.355 e. The zero-order valence-corrected chi connectivity index (χ0v) is 16.1. The smallest absolute Gasteiger partial charge is 0.283 e. The lowest BCUT2D eigenvalue weighted by Gasteiger charge is -2.07. The highest BCUT2D eigenvalue weighted by Crippen LogP contribution is 2.17. The van der Waals surface area contributed by atoms with Crippen molar-refractivity contribution < 1.29 is 0 Å². The van der Waals surface area contributed by atoms with Crippen LogP contribution in [-0.4, -0.2) is 28.5 Å². The number of imidazole rings is 1. The van der Waals surface area contributed by atoms with E-state index in [0.717, 1.165) is 4.68 Å². The molecule has 9 nitrogen and oxygen atoms in total. The van der Waals surface area contributed by atoms with Crippen molar-refractivity contribution in [3.8, 4) is 17.4 Å². The predicted molar refractivity (Wildman–Crippen MR) is 110 cm³/mol. The van der Waals surface area contributed by atoms with Crippen LogP contribution in [0.25, 0.3) is 28.1 Å². The SMILES string of the molecule is Cc1c(-n2nc(C#N)c3nc4ccccc4n3c2=O)c(=O)n(-c2ccccc2)n1C. The van der Waals surface area contributed by atoms with E-state index in [4.69, 9.17) is 0 Å². The zero-order valence-electron chi connectivity index (χ0n) is 16.1. The van der Waals surface area contributed by atoms with Crippen LogP contribution in [0.5, 0.6) is 0 Å². The first-order valence-corrected chi connectivity index (χ1v) is 9.18. The van der Waals surface area contributed by atoms with Crippen molar-refractivity contribution in [2.24, 2.45) is 7.05 Å². The van der Waals surface area contributed by atoms with Gasteiger partial charge in [0.2, 0.25) is 5.69 Å². The predicted octanol–water partition coefficient (Wildman–Crippen LogP) is 1.70. The van der Waals surface area contributed by atoms with Crippen molar-refractivity contribution in [2.75, 3.05) is 0 Å². The number of hydrogen-bond acceptors (Lipinski definition) is 5. The summed E-state index contributed by atoms with van der Waals surface area (Å²) in [5, 5.41) is 13.8. The Bertz CT molecular complexity index is 1610. The summed E-state index contributed by atoms with van der Waals surface area (Å²) >= 11 is 0. The largest absolute Gasteiger partial charge is 0.355 e. The van der Waals surface area contributed by atoms with Gasteiger partial charge in [-0.1, -0.05) is 30.3 Å². The molecule has 9 heteroatoms. The zero-order chi connectivity index (χ0) is 21.0. The van der Waals surface area contributed by atoms with Gasteiger partial charge in [-0.15, -0.1) is 5.10 Å². The molecule has 5 rings (SSSR count). The van der Waals surface area contributed by atoms with Crippen molar-refractivity contribution in [3.63, 3.8) is 0 Å². The van der Waals surface area contributed by atoms with Crippen LogP contribution < -0.4 is 11.2 Å². The summed E-state index contributed by atoms with van der Waals surface area (Å²) in [4.78, 5) is 31.1. The van der Waals surface area contributed by atoms with Gasteiger partial charge in [0, 0.05) is 7.05 Å². The maximum atomic E-state index is 13.4. The minimum Gasteiger partial charge on any atom is -0.283 e. The number of hydrogen-bond donors (Lipinski definition) is 0. The summed E-state index contributed by atoms with van der Waals surface area (Å²) in [5.74, 6) is 0. The molecule has 3 aromatic heterocycles. The molecule has 0 unspecified atom stereocenters. The molecule has 0 radical (unpaired) electrons. The Labute approximate surface area is 169 Å². The minimum absolute atomic E-state index is 0.0419. The first-order valence-electron chi connectivity index (χ1n) is 9.18. The number of fused-ring (bicyclic) bond motifs is 3. The Morgan fingerprint density at radius 2 is 1.70 bits per heavy atom. The van der Waals surface area contributed by atoms with E-state index in [-0.39, 0.29) is 17.0 Å². The Morgan fingerprint density at radius 3 is 2.43 bits per heavy atom. The van der Waals surface area contributed by atoms with Gasteiger partial charge in [0.15, 0.2) is 11.3 Å². The molecule has 0 spiro atoms. The van der Waals surface area contributed by atoms with Gasteiger partial charge in [-0.25, -0.2) is 18.9 Å². The molecule has 0 aliphatic carbocycles. The topological polar surface area (TPSA) is 103 Å². The lowest BCUT2D eigenvalue weighted by molar-refractivity contribution is 0.630. The van der Waals surface area contributed by atoms with Crippen LogP contribution in [0.3, 0.4) is 0 Å². The summed E-state index contributed by atoms with van der Waals surface area (Å²) in [6, 6.07) is 18.2. The fourth-order valence-electron chi connectivity index (χ4n) is 3.68. The van der Waals surface area contributed by atoms with Crippen LogP contribution in [0.1, 0.15) is 11.4 Å². The number of rotatable bonds is 2. The van der Waals surface area contributed by atoms with Crippen molar-refractivity contribution in [1.82, 2.24) is 28.5 Å². The molecule has 146 valence electrons. The number of nitrogens with zero attached hydrogens (tertiary/aromatic N) is 7. The maximum absolute atomic E-state index is 13.4. The minimum atomic E-state index is -0.566. The van der Waals surface area contributed by atoms with E-state index in [1.54, 1.807) is 55.1 Å². The van der Waals surface area contributed by atoms with Gasteiger partial charge in [0.25, 0.3) is 5.56 Å². The molecule has 0 bridgehead atoms. The highest BCUT2D eigenvalue weighted by atomic mass is 16.2. The first kappa shape index (κ1) is 17.6. The molecule has 0 atom stereocenters. The van der Waals surface area contributed by atoms with E-state index in [2.05, 4.69) is 10.1 Å². The number of para-hydroxylation sites is 3. The van der Waals surface area contributed by atoms with Crippen LogP contribution in [0, 0.1) is 18.3 Å². The Balaban J connectivity index is 1.91. The van der Waals surface area contributed by atoms with Gasteiger partial charge < -0.3 is 0 Å². The Kier molecular flexibility index (Phi) is 3.69. The molecule has 0 aliphatic rings. The quantitative estimate of drug-likeness (QED) is 0.451. The van der Waals surface area contributed by atoms with Crippen molar-refractivity contribution in [3.05, 3.63) is 86.8 Å². The third-order valence-electron chi connectivity index (χ3n) is 5.19. The second-order valence-corrected chi connectivity index (χ2v) is 6.82. The molecular weight excluding hydrogens is 382 g/mol. The molecule has 5 aromatic rings. The number of nitriles is 1. The fourth-order valence-corrected chi connectivity index (χ4v) is 3.68. The third-order valence-corrected chi connectivity index (χ3v) is 5.19. The molecule has 0 saturated carbocycles. The van der Waals surface area contributed by atoms with E-state index in [0.29, 0.717) is 22.4 Å². The summed E-state index contributed by atoms with van der Waals surface area (Å²) in [7, 11) is 1.73. The second-order valence-electron chi connectivity index (χ2n) is 6.82. The van der Waals surface area contributed by atoms with E-state index in [9.17, 15) is 14.9 Å². The van der Waals surface area contributed by atoms with Crippen LogP contribution in [0.15, 0.2) is 64.2 Å². The highest BCUT2D eigenvalue weighted by Gasteiger charge is 2.23. The standard InChI is InChI=1S/C21H15N7O2/c1-13-18(20(29)28(25(13)2)14-8-4-3-5-9-14)27-21(30)26-17-11-7-6-10-15(17)23-19(26)16(12-22)24-27/h3-11H,1-2H3. The molecule has 0 saturated heterocycles. The van der Waals surface area contributed by atoms with E-state index >= 15 is 0 Å². The molecule has 2 aromatic carbocycles. The monoisotopic (exact) mass is 397 g/mol. The fraction of sp³-hybridized carbons (Fsp3) is 0.0952. The van der Waals surface area contributed by atoms with Gasteiger partial charge in [-0.05, 0) is 31.2 Å². The molecule has 0 N–H and O–H groups in total. The van der Waals surface area contributed by atoms with Crippen LogP contribution in [-0.2, 0) is 7.05 Å². The van der Waals surface area contributed by atoms with Crippen LogP contribution in [0.4, 0.5) is 0 Å². The van der Waals surface area contributed by atoms with Gasteiger partial charge in [0.1, 0.15) is 6.07 Å². The lowest BCUT2D eigenvalue weighted by Crippen LogP contribution is -2.32. The van der Waals surface area contributed by atoms with Gasteiger partial charge >= 0.3 is 5.69 Å². The lowest BCUT2D eigenvalue weighted by atomic mass is 10.3. The third kappa shape index (κ3) is 2.28. The highest BCUT2D eigenvalue weighted by molar-refractivity contribution is 5.81. The number of aromatic nitrogens is 6. The number of benzene rings is 2. The summed E-state index contributed by atoms with van der Waals surface area (Å²) in [6.07, 6.45) is 0. The first-order chi connectivity index (χ1) is 14.5. The van der Waals surface area contributed by atoms with Gasteiger partial charge in [-0.3, -0.25) is 9.48 Å². The molecule has 0 fully saturated rings. The van der Waals surface area contributed by atoms with Crippen LogP contribution in [0.2, 0.25) is 0 Å². The normalized spacial score (nSPS) is 11.2. The average Bonchev–Trinajstić information content (AvgIpc) is 3.25. The summed E-state index contributed by atoms with van der Waals surface area (Å²) < 4.78 is 5.43. The molecule has 3 heterocycles. The van der Waals surface area contributed by atoms with E-state index in [1.807, 2.05) is 24.3 Å².